The third-order valence-electron chi connectivity index (χ3n) is 2.21. The van der Waals surface area contributed by atoms with E-state index in [9.17, 15) is 10.1 Å². The first-order valence-corrected chi connectivity index (χ1v) is 5.85. The van der Waals surface area contributed by atoms with Crippen molar-refractivity contribution in [1.29, 1.82) is 0 Å². The minimum atomic E-state index is -0.423. The smallest absolute Gasteiger partial charge is 0.333 e. The van der Waals surface area contributed by atoms with Crippen molar-refractivity contribution in [2.45, 2.75) is 26.4 Å². The molecule has 1 N–H and O–H groups in total. The van der Waals surface area contributed by atoms with Gasteiger partial charge in [-0.05, 0) is 32.4 Å². The van der Waals surface area contributed by atoms with E-state index in [1.807, 2.05) is 13.8 Å². The van der Waals surface area contributed by atoms with Crippen LogP contribution in [0.2, 0.25) is 0 Å². The van der Waals surface area contributed by atoms with Crippen LogP contribution in [0.15, 0.2) is 30.9 Å². The van der Waals surface area contributed by atoms with Gasteiger partial charge in [-0.1, -0.05) is 12.1 Å². The zero-order chi connectivity index (χ0) is 13.5. The first-order valence-electron chi connectivity index (χ1n) is 5.85. The first-order chi connectivity index (χ1) is 8.56. The monoisotopic (exact) mass is 250 g/mol. The van der Waals surface area contributed by atoms with Crippen molar-refractivity contribution < 1.29 is 9.66 Å². The number of benzene rings is 1. The predicted octanol–water partition coefficient (Wildman–Crippen LogP) is 3.37. The van der Waals surface area contributed by atoms with E-state index < -0.39 is 4.92 Å². The van der Waals surface area contributed by atoms with Gasteiger partial charge >= 0.3 is 5.69 Å². The van der Waals surface area contributed by atoms with Gasteiger partial charge in [0, 0.05) is 6.54 Å². The van der Waals surface area contributed by atoms with Crippen molar-refractivity contribution in [1.82, 2.24) is 0 Å². The lowest BCUT2D eigenvalue weighted by Gasteiger charge is -2.12. The molecular formula is C13H18N2O3. The van der Waals surface area contributed by atoms with Crippen LogP contribution in [0, 0.1) is 10.1 Å². The molecule has 18 heavy (non-hydrogen) atoms. The molecule has 0 unspecified atom stereocenters. The molecule has 5 nitrogen and oxygen atoms in total. The number of anilines is 1. The molecule has 0 aromatic heterocycles. The Morgan fingerprint density at radius 3 is 2.83 bits per heavy atom. The third kappa shape index (κ3) is 3.76. The maximum atomic E-state index is 11.1. The maximum absolute atomic E-state index is 11.1. The van der Waals surface area contributed by atoms with Gasteiger partial charge < -0.3 is 10.1 Å². The van der Waals surface area contributed by atoms with Gasteiger partial charge in [-0.2, -0.15) is 0 Å². The van der Waals surface area contributed by atoms with Crippen molar-refractivity contribution in [3.05, 3.63) is 41.0 Å². The van der Waals surface area contributed by atoms with E-state index in [-0.39, 0.29) is 11.8 Å². The van der Waals surface area contributed by atoms with E-state index in [4.69, 9.17) is 4.74 Å². The lowest BCUT2D eigenvalue weighted by Crippen LogP contribution is -2.09. The molecule has 0 bridgehead atoms. The largest absolute Gasteiger partial charge is 0.484 e. The number of rotatable bonds is 7. The molecule has 0 aliphatic rings. The molecule has 1 aromatic rings. The number of para-hydroxylation sites is 1. The van der Waals surface area contributed by atoms with Gasteiger partial charge in [0.05, 0.1) is 11.0 Å². The van der Waals surface area contributed by atoms with Crippen LogP contribution < -0.4 is 10.1 Å². The summed E-state index contributed by atoms with van der Waals surface area (Å²) in [6, 6.07) is 5.02. The molecular weight excluding hydrogens is 232 g/mol. The summed E-state index contributed by atoms with van der Waals surface area (Å²) in [7, 11) is 0. The Labute approximate surface area is 107 Å². The van der Waals surface area contributed by atoms with Crippen molar-refractivity contribution in [3.8, 4) is 5.75 Å². The Hall–Kier alpha value is -2.04. The lowest BCUT2D eigenvalue weighted by molar-refractivity contribution is -0.385. The zero-order valence-electron chi connectivity index (χ0n) is 10.7. The van der Waals surface area contributed by atoms with Crippen molar-refractivity contribution in [2.24, 2.45) is 0 Å². The summed E-state index contributed by atoms with van der Waals surface area (Å²) in [5.41, 5.74) is 0.454. The molecule has 1 rings (SSSR count). The van der Waals surface area contributed by atoms with Crippen LogP contribution in [0.25, 0.3) is 0 Å². The van der Waals surface area contributed by atoms with Crippen LogP contribution >= 0.6 is 0 Å². The molecule has 0 aliphatic heterocycles. The number of hydrogen-bond donors (Lipinski definition) is 1. The van der Waals surface area contributed by atoms with Crippen molar-refractivity contribution in [2.75, 3.05) is 11.9 Å². The molecule has 5 heteroatoms. The number of nitrogens with one attached hydrogen (secondary N) is 1. The number of nitrogens with zero attached hydrogens (tertiary/aromatic N) is 1. The molecule has 0 saturated heterocycles. The van der Waals surface area contributed by atoms with Crippen LogP contribution in [0.5, 0.6) is 5.75 Å². The summed E-state index contributed by atoms with van der Waals surface area (Å²) in [4.78, 5) is 10.7. The predicted molar refractivity (Wildman–Crippen MR) is 72.2 cm³/mol. The molecule has 0 aliphatic carbocycles. The van der Waals surface area contributed by atoms with Crippen LogP contribution in [-0.2, 0) is 0 Å². The fourth-order valence-corrected chi connectivity index (χ4v) is 1.51. The summed E-state index contributed by atoms with van der Waals surface area (Å²) in [5.74, 6) is 0.290. The number of ether oxygens (including phenoxy) is 1. The van der Waals surface area contributed by atoms with Crippen LogP contribution in [-0.4, -0.2) is 17.6 Å². The molecule has 0 saturated carbocycles. The summed E-state index contributed by atoms with van der Waals surface area (Å²) in [5, 5.41) is 14.1. The normalized spacial score (nSPS) is 10.2. The van der Waals surface area contributed by atoms with Crippen molar-refractivity contribution in [3.63, 3.8) is 0 Å². The average Bonchev–Trinajstić information content (AvgIpc) is 2.28. The highest BCUT2D eigenvalue weighted by molar-refractivity contribution is 5.68. The van der Waals surface area contributed by atoms with Gasteiger partial charge in [-0.25, -0.2) is 0 Å². The SMILES string of the molecule is C=CCCNc1cccc(OC(C)C)c1[N+](=O)[O-]. The second-order valence-corrected chi connectivity index (χ2v) is 4.08. The van der Waals surface area contributed by atoms with Gasteiger partial charge in [-0.15, -0.1) is 6.58 Å². The van der Waals surface area contributed by atoms with Gasteiger partial charge in [0.2, 0.25) is 0 Å². The second-order valence-electron chi connectivity index (χ2n) is 4.08. The minimum Gasteiger partial charge on any atom is -0.484 e. The Morgan fingerprint density at radius 1 is 1.56 bits per heavy atom. The molecule has 0 heterocycles. The highest BCUT2D eigenvalue weighted by Gasteiger charge is 2.21. The van der Waals surface area contributed by atoms with E-state index in [1.54, 1.807) is 24.3 Å². The number of nitro benzene ring substituents is 1. The number of hydrogen-bond acceptors (Lipinski definition) is 4. The molecule has 1 aromatic carbocycles. The van der Waals surface area contributed by atoms with Crippen LogP contribution in [0.1, 0.15) is 20.3 Å². The summed E-state index contributed by atoms with van der Waals surface area (Å²) in [6.45, 7) is 7.88. The Balaban J connectivity index is 3.01. The second kappa shape index (κ2) is 6.64. The Bertz CT molecular complexity index is 430. The molecule has 98 valence electrons. The third-order valence-corrected chi connectivity index (χ3v) is 2.21. The lowest BCUT2D eigenvalue weighted by atomic mass is 10.2. The van der Waals surface area contributed by atoms with Gasteiger partial charge in [0.1, 0.15) is 5.69 Å². The summed E-state index contributed by atoms with van der Waals surface area (Å²) in [6.07, 6.45) is 2.40. The van der Waals surface area contributed by atoms with Crippen LogP contribution in [0.3, 0.4) is 0 Å². The van der Waals surface area contributed by atoms with E-state index in [2.05, 4.69) is 11.9 Å². The molecule has 0 spiro atoms. The Kier molecular flexibility index (Phi) is 5.17. The number of nitro groups is 1. The van der Waals surface area contributed by atoms with Gasteiger partial charge in [0.15, 0.2) is 5.75 Å². The minimum absolute atomic E-state index is 0.0183. The van der Waals surface area contributed by atoms with Gasteiger partial charge in [-0.3, -0.25) is 10.1 Å². The van der Waals surface area contributed by atoms with Crippen molar-refractivity contribution >= 4 is 11.4 Å². The topological polar surface area (TPSA) is 64.4 Å². The van der Waals surface area contributed by atoms with Crippen LogP contribution in [0.4, 0.5) is 11.4 Å². The molecule has 0 fully saturated rings. The first kappa shape index (κ1) is 14.0. The molecule has 0 amide bonds. The van der Waals surface area contributed by atoms with Gasteiger partial charge in [0.25, 0.3) is 0 Å². The van der Waals surface area contributed by atoms with E-state index in [1.165, 1.54) is 0 Å². The average molecular weight is 250 g/mol. The summed E-state index contributed by atoms with van der Waals surface area (Å²) < 4.78 is 5.45. The Morgan fingerprint density at radius 2 is 2.28 bits per heavy atom. The molecule has 0 radical (unpaired) electrons. The van der Waals surface area contributed by atoms with E-state index in [0.29, 0.717) is 18.0 Å². The fourth-order valence-electron chi connectivity index (χ4n) is 1.51. The summed E-state index contributed by atoms with van der Waals surface area (Å²) >= 11 is 0. The van der Waals surface area contributed by atoms with E-state index >= 15 is 0 Å². The zero-order valence-corrected chi connectivity index (χ0v) is 10.7. The maximum Gasteiger partial charge on any atom is 0.333 e. The quantitative estimate of drug-likeness (QED) is 0.349. The molecule has 0 atom stereocenters. The van der Waals surface area contributed by atoms with E-state index in [0.717, 1.165) is 6.42 Å². The standard InChI is InChI=1S/C13H18N2O3/c1-4-5-9-14-11-7-6-8-12(18-10(2)3)13(11)15(16)17/h4,6-8,10,14H,1,5,9H2,2-3H3. The highest BCUT2D eigenvalue weighted by Crippen LogP contribution is 2.35. The fraction of sp³-hybridized carbons (Fsp3) is 0.385. The highest BCUT2D eigenvalue weighted by atomic mass is 16.6.